The van der Waals surface area contributed by atoms with Crippen LogP contribution in [-0.4, -0.2) is 10.9 Å². The number of amides is 1. The highest BCUT2D eigenvalue weighted by Crippen LogP contribution is 2.27. The Labute approximate surface area is 150 Å². The zero-order valence-corrected chi connectivity index (χ0v) is 14.6. The number of H-pyrrole nitrogens is 1. The van der Waals surface area contributed by atoms with E-state index in [0.717, 1.165) is 35.0 Å². The Hall–Kier alpha value is -2.17. The first-order valence-electron chi connectivity index (χ1n) is 7.70. The zero-order valence-electron chi connectivity index (χ0n) is 13.0. The topological polar surface area (TPSA) is 58.9 Å². The summed E-state index contributed by atoms with van der Waals surface area (Å²) in [5.41, 5.74) is 9.16. The number of carbonyl (C=O) groups is 1. The highest BCUT2D eigenvalue weighted by Gasteiger charge is 2.13. The van der Waals surface area contributed by atoms with Crippen LogP contribution in [0, 0.1) is 4.51 Å². The Morgan fingerprint density at radius 1 is 1.08 bits per heavy atom. The van der Waals surface area contributed by atoms with E-state index < -0.39 is 0 Å². The maximum Gasteiger partial charge on any atom is 0.223 e. The largest absolute Gasteiger partial charge is 0.369 e. The summed E-state index contributed by atoms with van der Waals surface area (Å²) in [4.78, 5) is 14.7. The Balaban J connectivity index is 2.09. The summed E-state index contributed by atoms with van der Waals surface area (Å²) in [5, 5.41) is 1.44. The molecule has 1 amide bonds. The fourth-order valence-electron chi connectivity index (χ4n) is 2.89. The van der Waals surface area contributed by atoms with Gasteiger partial charge in [0.25, 0.3) is 0 Å². The van der Waals surface area contributed by atoms with Gasteiger partial charge in [-0.15, -0.1) is 0 Å². The number of aromatic amines is 1. The second kappa shape index (κ2) is 7.16. The summed E-state index contributed by atoms with van der Waals surface area (Å²) in [7, 11) is 0. The lowest BCUT2D eigenvalue weighted by Crippen LogP contribution is -2.16. The van der Waals surface area contributed by atoms with Crippen LogP contribution >= 0.6 is 23.8 Å². The van der Waals surface area contributed by atoms with Crippen molar-refractivity contribution in [1.29, 1.82) is 0 Å². The molecular formula is C19H17ClN2OS. The van der Waals surface area contributed by atoms with Crippen molar-refractivity contribution in [2.24, 2.45) is 5.73 Å². The Morgan fingerprint density at radius 2 is 1.83 bits per heavy atom. The van der Waals surface area contributed by atoms with E-state index in [9.17, 15) is 4.79 Å². The molecule has 24 heavy (non-hydrogen) atoms. The van der Waals surface area contributed by atoms with Crippen LogP contribution in [0.2, 0.25) is 5.02 Å². The van der Waals surface area contributed by atoms with Crippen molar-refractivity contribution in [2.45, 2.75) is 19.3 Å². The zero-order chi connectivity index (χ0) is 17.1. The summed E-state index contributed by atoms with van der Waals surface area (Å²) in [6.07, 6.45) is 1.69. The lowest BCUT2D eigenvalue weighted by molar-refractivity contribution is -0.117. The highest BCUT2D eigenvalue weighted by atomic mass is 35.5. The second-order valence-electron chi connectivity index (χ2n) is 5.70. The number of nitrogens with two attached hydrogens (primary N) is 1. The van der Waals surface area contributed by atoms with Gasteiger partial charge in [-0.05, 0) is 36.1 Å². The van der Waals surface area contributed by atoms with Gasteiger partial charge in [-0.2, -0.15) is 0 Å². The van der Waals surface area contributed by atoms with Gasteiger partial charge >= 0.3 is 0 Å². The molecule has 0 saturated heterocycles. The molecule has 0 bridgehead atoms. The average Bonchev–Trinajstić information content (AvgIpc) is 2.55. The van der Waals surface area contributed by atoms with E-state index >= 15 is 0 Å². The van der Waals surface area contributed by atoms with Crippen LogP contribution in [0.15, 0.2) is 48.5 Å². The monoisotopic (exact) mass is 356 g/mol. The average molecular weight is 357 g/mol. The van der Waals surface area contributed by atoms with Crippen molar-refractivity contribution in [2.75, 3.05) is 0 Å². The summed E-state index contributed by atoms with van der Waals surface area (Å²) in [6, 6.07) is 15.8. The van der Waals surface area contributed by atoms with Gasteiger partial charge in [-0.3, -0.25) is 4.79 Å². The molecule has 122 valence electrons. The van der Waals surface area contributed by atoms with Crippen molar-refractivity contribution >= 4 is 40.6 Å². The number of fused-ring (bicyclic) bond motifs is 1. The maximum atomic E-state index is 11.5. The van der Waals surface area contributed by atoms with Gasteiger partial charge in [0.2, 0.25) is 5.91 Å². The number of aromatic nitrogens is 1. The summed E-state index contributed by atoms with van der Waals surface area (Å²) >= 11 is 12.0. The molecule has 0 saturated carbocycles. The molecule has 0 aliphatic heterocycles. The van der Waals surface area contributed by atoms with Gasteiger partial charge in [0.05, 0.1) is 16.0 Å². The fourth-order valence-corrected chi connectivity index (χ4v) is 3.66. The molecule has 0 fully saturated rings. The smallest absolute Gasteiger partial charge is 0.223 e. The molecule has 0 atom stereocenters. The number of rotatable bonds is 5. The molecule has 0 aliphatic carbocycles. The van der Waals surface area contributed by atoms with Crippen molar-refractivity contribution < 1.29 is 4.79 Å². The maximum absolute atomic E-state index is 11.5. The van der Waals surface area contributed by atoms with Crippen LogP contribution in [0.1, 0.15) is 16.8 Å². The Bertz CT molecular complexity index is 951. The molecule has 3 rings (SSSR count). The molecule has 0 unspecified atom stereocenters. The van der Waals surface area contributed by atoms with E-state index in [1.165, 1.54) is 5.56 Å². The molecule has 3 aromatic rings. The molecule has 3 N–H and O–H groups in total. The van der Waals surface area contributed by atoms with Crippen molar-refractivity contribution in [3.8, 4) is 0 Å². The first-order valence-corrected chi connectivity index (χ1v) is 8.49. The number of carbonyl (C=O) groups excluding carboxylic acids is 1. The van der Waals surface area contributed by atoms with Crippen LogP contribution in [0.25, 0.3) is 10.9 Å². The normalized spacial score (nSPS) is 10.9. The van der Waals surface area contributed by atoms with Crippen LogP contribution in [0.4, 0.5) is 0 Å². The summed E-state index contributed by atoms with van der Waals surface area (Å²) in [5.74, 6) is -0.386. The van der Waals surface area contributed by atoms with Crippen LogP contribution in [-0.2, 0) is 24.1 Å². The van der Waals surface area contributed by atoms with Crippen molar-refractivity contribution in [3.05, 3.63) is 74.9 Å². The predicted molar refractivity (Wildman–Crippen MR) is 101 cm³/mol. The molecule has 2 aromatic carbocycles. The number of benzene rings is 2. The van der Waals surface area contributed by atoms with E-state index in [0.29, 0.717) is 9.53 Å². The molecular weight excluding hydrogens is 340 g/mol. The third kappa shape index (κ3) is 3.50. The number of nitrogens with one attached hydrogen (secondary N) is 1. The van der Waals surface area contributed by atoms with Gasteiger partial charge in [0.1, 0.15) is 0 Å². The van der Waals surface area contributed by atoms with Gasteiger partial charge in [-0.25, -0.2) is 0 Å². The SMILES string of the molecule is NC(=O)Cc1[nH]c2cccc(Cl)c2c(=S)c1CCc1ccccc1. The van der Waals surface area contributed by atoms with Gasteiger partial charge in [-0.1, -0.05) is 60.2 Å². The van der Waals surface area contributed by atoms with E-state index in [1.807, 2.05) is 36.4 Å². The van der Waals surface area contributed by atoms with Crippen LogP contribution < -0.4 is 5.73 Å². The standard InChI is InChI=1S/C19H17ClN2OS/c20-14-7-4-8-15-18(14)19(24)13(16(22-15)11-17(21)23)10-9-12-5-2-1-3-6-12/h1-8H,9-11H2,(H2,21,23)(H,22,24). The number of aryl methyl sites for hydroxylation is 1. The second-order valence-corrected chi connectivity index (χ2v) is 6.52. The van der Waals surface area contributed by atoms with Gasteiger partial charge < -0.3 is 10.7 Å². The number of pyridine rings is 1. The van der Waals surface area contributed by atoms with Crippen molar-refractivity contribution in [3.63, 3.8) is 0 Å². The third-order valence-electron chi connectivity index (χ3n) is 4.02. The number of halogens is 1. The highest BCUT2D eigenvalue weighted by molar-refractivity contribution is 7.71. The molecule has 1 heterocycles. The quantitative estimate of drug-likeness (QED) is 0.667. The minimum atomic E-state index is -0.386. The number of hydrogen-bond donors (Lipinski definition) is 2. The first-order chi connectivity index (χ1) is 11.6. The lowest BCUT2D eigenvalue weighted by Gasteiger charge is -2.13. The molecule has 5 heteroatoms. The minimum Gasteiger partial charge on any atom is -0.369 e. The molecule has 1 aromatic heterocycles. The third-order valence-corrected chi connectivity index (χ3v) is 4.79. The Kier molecular flexibility index (Phi) is 4.97. The van der Waals surface area contributed by atoms with E-state index in [4.69, 9.17) is 29.6 Å². The number of primary amides is 1. The van der Waals surface area contributed by atoms with Crippen LogP contribution in [0.3, 0.4) is 0 Å². The predicted octanol–water partition coefficient (Wildman–Crippen LogP) is 4.36. The molecule has 3 nitrogen and oxygen atoms in total. The molecule has 0 spiro atoms. The van der Waals surface area contributed by atoms with E-state index in [2.05, 4.69) is 17.1 Å². The number of hydrogen-bond acceptors (Lipinski definition) is 2. The minimum absolute atomic E-state index is 0.135. The van der Waals surface area contributed by atoms with Gasteiger partial charge in [0.15, 0.2) is 0 Å². The van der Waals surface area contributed by atoms with E-state index in [-0.39, 0.29) is 12.3 Å². The summed E-state index contributed by atoms with van der Waals surface area (Å²) in [6.45, 7) is 0. The summed E-state index contributed by atoms with van der Waals surface area (Å²) < 4.78 is 0.696. The Morgan fingerprint density at radius 3 is 2.54 bits per heavy atom. The first kappa shape index (κ1) is 16.7. The molecule has 0 aliphatic rings. The van der Waals surface area contributed by atoms with Crippen molar-refractivity contribution in [1.82, 2.24) is 4.98 Å². The van der Waals surface area contributed by atoms with E-state index in [1.54, 1.807) is 0 Å². The fraction of sp³-hybridized carbons (Fsp3) is 0.158. The molecule has 0 radical (unpaired) electrons. The van der Waals surface area contributed by atoms with Crippen LogP contribution in [0.5, 0.6) is 0 Å². The van der Waals surface area contributed by atoms with Gasteiger partial charge in [0, 0.05) is 16.6 Å². The lowest BCUT2D eigenvalue weighted by atomic mass is 9.99.